The molecule has 0 atom stereocenters. The van der Waals surface area contributed by atoms with Gasteiger partial charge in [-0.15, -0.1) is 0 Å². The molecule has 0 heterocycles. The second-order valence-corrected chi connectivity index (χ2v) is 3.03. The molecule has 3 heteroatoms. The van der Waals surface area contributed by atoms with Crippen LogP contribution in [0, 0.1) is 0 Å². The topological polar surface area (TPSA) is 26.3 Å². The molecule has 0 saturated carbocycles. The number of carbonyl (C=O) groups excluding carboxylic acids is 1. The Morgan fingerprint density at radius 1 is 1.08 bits per heavy atom. The molecule has 0 saturated heterocycles. The number of carbonyl (C=O) groups is 1. The first-order chi connectivity index (χ1) is 5.81. The number of unbranched alkanes of at least 4 members (excludes halogenated alkanes) is 3. The average molecular weight is 196 g/mol. The van der Waals surface area contributed by atoms with Crippen molar-refractivity contribution >= 4 is 35.5 Å². The molecule has 0 aliphatic rings. The first-order valence-corrected chi connectivity index (χ1v) is 4.96. The van der Waals surface area contributed by atoms with Gasteiger partial charge in [0.25, 0.3) is 0 Å². The molecule has 13 heavy (non-hydrogen) atoms. The standard InChI is InChI=1S/C10H20O2.Na.H/c1-3-5-7-9-12-10(11)8-6-4-2;;/h3-9H2,1-2H3;;. The molecule has 0 bridgehead atoms. The van der Waals surface area contributed by atoms with E-state index in [-0.39, 0.29) is 35.5 Å². The fourth-order valence-electron chi connectivity index (χ4n) is 0.931. The van der Waals surface area contributed by atoms with Gasteiger partial charge in [-0.1, -0.05) is 33.1 Å². The summed E-state index contributed by atoms with van der Waals surface area (Å²) in [5, 5.41) is 0. The molecule has 0 amide bonds. The van der Waals surface area contributed by atoms with Crippen LogP contribution in [0.1, 0.15) is 52.4 Å². The van der Waals surface area contributed by atoms with Crippen molar-refractivity contribution in [2.75, 3.05) is 6.61 Å². The Labute approximate surface area is 104 Å². The van der Waals surface area contributed by atoms with Gasteiger partial charge in [-0.05, 0) is 12.8 Å². The summed E-state index contributed by atoms with van der Waals surface area (Å²) in [6.07, 6.45) is 5.93. The Kier molecular flexibility index (Phi) is 15.3. The molecule has 0 aliphatic carbocycles. The van der Waals surface area contributed by atoms with E-state index in [9.17, 15) is 4.79 Å². The zero-order valence-electron chi connectivity index (χ0n) is 8.27. The molecular weight excluding hydrogens is 175 g/mol. The number of ether oxygens (including phenoxy) is 1. The predicted octanol–water partition coefficient (Wildman–Crippen LogP) is 2.26. The van der Waals surface area contributed by atoms with E-state index in [4.69, 9.17) is 4.74 Å². The van der Waals surface area contributed by atoms with Crippen LogP contribution in [0.2, 0.25) is 0 Å². The van der Waals surface area contributed by atoms with E-state index in [1.165, 1.54) is 6.42 Å². The Hall–Kier alpha value is 0.470. The van der Waals surface area contributed by atoms with E-state index in [0.29, 0.717) is 13.0 Å². The molecule has 2 nitrogen and oxygen atoms in total. The van der Waals surface area contributed by atoms with Gasteiger partial charge in [0.15, 0.2) is 0 Å². The number of esters is 1. The molecule has 0 N–H and O–H groups in total. The summed E-state index contributed by atoms with van der Waals surface area (Å²) in [6.45, 7) is 4.82. The fourth-order valence-corrected chi connectivity index (χ4v) is 0.931. The summed E-state index contributed by atoms with van der Waals surface area (Å²) in [5.74, 6) is -0.0343. The van der Waals surface area contributed by atoms with Crippen molar-refractivity contribution in [3.63, 3.8) is 0 Å². The van der Waals surface area contributed by atoms with Gasteiger partial charge in [0.2, 0.25) is 0 Å². The van der Waals surface area contributed by atoms with Crippen LogP contribution in [-0.2, 0) is 9.53 Å². The van der Waals surface area contributed by atoms with E-state index in [0.717, 1.165) is 25.7 Å². The SMILES string of the molecule is CCCCCOC(=O)CCCC.[NaH]. The minimum absolute atomic E-state index is 0. The maximum atomic E-state index is 10.9. The van der Waals surface area contributed by atoms with Gasteiger partial charge < -0.3 is 4.74 Å². The third-order valence-electron chi connectivity index (χ3n) is 1.75. The Morgan fingerprint density at radius 3 is 2.23 bits per heavy atom. The molecule has 0 rings (SSSR count). The molecule has 0 fully saturated rings. The second kappa shape index (κ2) is 12.5. The third kappa shape index (κ3) is 12.5. The van der Waals surface area contributed by atoms with Crippen molar-refractivity contribution in [2.45, 2.75) is 52.4 Å². The van der Waals surface area contributed by atoms with Crippen LogP contribution in [0.15, 0.2) is 0 Å². The van der Waals surface area contributed by atoms with E-state index in [1.54, 1.807) is 0 Å². The average Bonchev–Trinajstić information content (AvgIpc) is 2.09. The number of hydrogen-bond acceptors (Lipinski definition) is 2. The molecule has 0 spiro atoms. The first kappa shape index (κ1) is 15.9. The molecule has 0 aromatic heterocycles. The van der Waals surface area contributed by atoms with Crippen molar-refractivity contribution in [2.24, 2.45) is 0 Å². The summed E-state index contributed by atoms with van der Waals surface area (Å²) < 4.78 is 5.01. The molecule has 0 aromatic rings. The van der Waals surface area contributed by atoms with Gasteiger partial charge in [-0.25, -0.2) is 0 Å². The molecule has 0 radical (unpaired) electrons. The van der Waals surface area contributed by atoms with Crippen molar-refractivity contribution < 1.29 is 9.53 Å². The van der Waals surface area contributed by atoms with Crippen LogP contribution < -0.4 is 0 Å². The van der Waals surface area contributed by atoms with Crippen LogP contribution in [0.5, 0.6) is 0 Å². The van der Waals surface area contributed by atoms with Crippen molar-refractivity contribution in [3.05, 3.63) is 0 Å². The van der Waals surface area contributed by atoms with Crippen LogP contribution in [0.4, 0.5) is 0 Å². The molecule has 0 unspecified atom stereocenters. The summed E-state index contributed by atoms with van der Waals surface area (Å²) in [4.78, 5) is 10.9. The van der Waals surface area contributed by atoms with Crippen LogP contribution >= 0.6 is 0 Å². The Bertz CT molecular complexity index is 115. The maximum absolute atomic E-state index is 10.9. The van der Waals surface area contributed by atoms with Crippen LogP contribution in [0.25, 0.3) is 0 Å². The zero-order valence-corrected chi connectivity index (χ0v) is 8.27. The van der Waals surface area contributed by atoms with Gasteiger partial charge >= 0.3 is 35.5 Å². The van der Waals surface area contributed by atoms with E-state index < -0.39 is 0 Å². The van der Waals surface area contributed by atoms with Crippen molar-refractivity contribution in [3.8, 4) is 0 Å². The number of rotatable bonds is 7. The molecule has 0 aromatic carbocycles. The Balaban J connectivity index is 0. The van der Waals surface area contributed by atoms with Gasteiger partial charge in [-0.3, -0.25) is 4.79 Å². The third-order valence-corrected chi connectivity index (χ3v) is 1.75. The normalized spacial score (nSPS) is 9.08. The summed E-state index contributed by atoms with van der Waals surface area (Å²) in [6, 6.07) is 0. The summed E-state index contributed by atoms with van der Waals surface area (Å²) in [5.41, 5.74) is 0. The van der Waals surface area contributed by atoms with Gasteiger partial charge in [0.05, 0.1) is 6.61 Å². The van der Waals surface area contributed by atoms with Crippen molar-refractivity contribution in [1.82, 2.24) is 0 Å². The molecular formula is C10H21NaO2. The quantitative estimate of drug-likeness (QED) is 0.354. The van der Waals surface area contributed by atoms with Gasteiger partial charge in [0.1, 0.15) is 0 Å². The van der Waals surface area contributed by atoms with Gasteiger partial charge in [-0.2, -0.15) is 0 Å². The Morgan fingerprint density at radius 2 is 1.69 bits per heavy atom. The first-order valence-electron chi connectivity index (χ1n) is 4.96. The predicted molar refractivity (Wildman–Crippen MR) is 57.2 cm³/mol. The van der Waals surface area contributed by atoms with Gasteiger partial charge in [0, 0.05) is 6.42 Å². The van der Waals surface area contributed by atoms with E-state index >= 15 is 0 Å². The molecule has 0 aliphatic heterocycles. The number of hydrogen-bond donors (Lipinski definition) is 0. The van der Waals surface area contributed by atoms with Crippen LogP contribution in [0.3, 0.4) is 0 Å². The molecule has 74 valence electrons. The van der Waals surface area contributed by atoms with Crippen LogP contribution in [-0.4, -0.2) is 42.1 Å². The zero-order chi connectivity index (χ0) is 9.23. The fraction of sp³-hybridized carbons (Fsp3) is 0.900. The summed E-state index contributed by atoms with van der Waals surface area (Å²) >= 11 is 0. The van der Waals surface area contributed by atoms with Crippen molar-refractivity contribution in [1.29, 1.82) is 0 Å². The summed E-state index contributed by atoms with van der Waals surface area (Å²) in [7, 11) is 0. The van der Waals surface area contributed by atoms with E-state index in [1.807, 2.05) is 0 Å². The second-order valence-electron chi connectivity index (χ2n) is 3.03. The van der Waals surface area contributed by atoms with E-state index in [2.05, 4.69) is 13.8 Å². The monoisotopic (exact) mass is 196 g/mol. The minimum atomic E-state index is -0.0343.